The third-order valence-electron chi connectivity index (χ3n) is 3.53. The maximum Gasteiger partial charge on any atom is 0.145 e. The summed E-state index contributed by atoms with van der Waals surface area (Å²) < 4.78 is 4.11. The number of hydrogen-bond acceptors (Lipinski definition) is 4. The molecule has 0 amide bonds. The highest BCUT2D eigenvalue weighted by Gasteiger charge is 2.08. The van der Waals surface area contributed by atoms with E-state index in [1.165, 1.54) is 17.7 Å². The Hall–Kier alpha value is -1.30. The molecular weight excluding hydrogens is 334 g/mol. The van der Waals surface area contributed by atoms with Gasteiger partial charge >= 0.3 is 0 Å². The Morgan fingerprint density at radius 1 is 1.23 bits per heavy atom. The van der Waals surface area contributed by atoms with Crippen LogP contribution in [-0.2, 0) is 6.42 Å². The zero-order chi connectivity index (χ0) is 15.4. The highest BCUT2D eigenvalue weighted by molar-refractivity contribution is 7.80. The minimum absolute atomic E-state index is 0.705. The van der Waals surface area contributed by atoms with Crippen LogP contribution in [0.1, 0.15) is 36.4 Å². The monoisotopic (exact) mass is 349 g/mol. The summed E-state index contributed by atoms with van der Waals surface area (Å²) in [6, 6.07) is 7.73. The lowest BCUT2D eigenvalue weighted by Gasteiger charge is -2.00. The summed E-state index contributed by atoms with van der Waals surface area (Å²) in [4.78, 5) is 10.0. The van der Waals surface area contributed by atoms with Crippen LogP contribution in [0.4, 0.5) is 0 Å². The summed E-state index contributed by atoms with van der Waals surface area (Å²) in [5.41, 5.74) is 1.85. The number of aromatic nitrogens is 3. The lowest BCUT2D eigenvalue weighted by Crippen LogP contribution is -1.99. The first-order valence-electron chi connectivity index (χ1n) is 7.30. The van der Waals surface area contributed by atoms with E-state index in [2.05, 4.69) is 20.4 Å². The lowest BCUT2D eigenvalue weighted by molar-refractivity contribution is 0.702. The normalized spacial score (nSPS) is 11.1. The highest BCUT2D eigenvalue weighted by atomic mass is 35.5. The number of aryl methyl sites for hydroxylation is 1. The number of nitrogens with zero attached hydrogens (tertiary/aromatic N) is 2. The Morgan fingerprint density at radius 3 is 2.95 bits per heavy atom. The van der Waals surface area contributed by atoms with Gasteiger partial charge in [0.15, 0.2) is 0 Å². The van der Waals surface area contributed by atoms with Crippen LogP contribution >= 0.6 is 35.4 Å². The van der Waals surface area contributed by atoms with E-state index < -0.39 is 0 Å². The van der Waals surface area contributed by atoms with Crippen LogP contribution in [0, 0.1) is 0 Å². The van der Waals surface area contributed by atoms with Crippen molar-refractivity contribution >= 4 is 51.2 Å². The second kappa shape index (κ2) is 7.31. The van der Waals surface area contributed by atoms with Gasteiger partial charge in [-0.15, -0.1) is 0 Å². The molecule has 0 aliphatic rings. The predicted molar refractivity (Wildman–Crippen MR) is 97.1 cm³/mol. The number of nitrogens with one attached hydrogen (secondary N) is 1. The maximum absolute atomic E-state index is 5.98. The molecule has 6 heteroatoms. The Bertz CT molecular complexity index is 765. The van der Waals surface area contributed by atoms with Gasteiger partial charge in [-0.1, -0.05) is 30.2 Å². The third-order valence-corrected chi connectivity index (χ3v) is 4.96. The quantitative estimate of drug-likeness (QED) is 0.362. The fraction of sp³-hybridized carbons (Fsp3) is 0.312. The summed E-state index contributed by atoms with van der Waals surface area (Å²) in [5, 5.41) is 0.705. The summed E-state index contributed by atoms with van der Waals surface area (Å²) >= 11 is 13.1. The van der Waals surface area contributed by atoms with Gasteiger partial charge in [0.05, 0.1) is 15.9 Å². The van der Waals surface area contributed by atoms with E-state index in [4.69, 9.17) is 23.8 Å². The highest BCUT2D eigenvalue weighted by Crippen LogP contribution is 2.19. The molecule has 0 aliphatic carbocycles. The van der Waals surface area contributed by atoms with Crippen molar-refractivity contribution in [1.82, 2.24) is 14.3 Å². The molecule has 0 aliphatic heterocycles. The van der Waals surface area contributed by atoms with Gasteiger partial charge in [-0.05, 0) is 61.5 Å². The predicted octanol–water partition coefficient (Wildman–Crippen LogP) is 5.19. The first-order chi connectivity index (χ1) is 10.7. The van der Waals surface area contributed by atoms with Crippen molar-refractivity contribution < 1.29 is 0 Å². The lowest BCUT2D eigenvalue weighted by atomic mass is 10.1. The van der Waals surface area contributed by atoms with Crippen molar-refractivity contribution in [3.63, 3.8) is 0 Å². The van der Waals surface area contributed by atoms with Crippen molar-refractivity contribution in [2.24, 2.45) is 0 Å². The molecule has 3 nitrogen and oxygen atoms in total. The number of benzene rings is 1. The van der Waals surface area contributed by atoms with E-state index in [0.717, 1.165) is 41.0 Å². The number of H-pyrrole nitrogens is 1. The van der Waals surface area contributed by atoms with Crippen molar-refractivity contribution in [1.29, 1.82) is 0 Å². The van der Waals surface area contributed by atoms with Gasteiger partial charge in [-0.3, -0.25) is 0 Å². The number of hydrogen-bond donors (Lipinski definition) is 1. The molecule has 3 rings (SSSR count). The first-order valence-corrected chi connectivity index (χ1v) is 8.86. The standard InChI is InChI=1S/C16H16ClN3S2/c17-11-6-7-13-14(10-11)20-16(19-13)15(21)5-3-1-2-4-12-8-9-18-22-12/h6-10H,1-5H2,(H,19,20). The van der Waals surface area contributed by atoms with Crippen LogP contribution in [0.2, 0.25) is 5.02 Å². The molecule has 0 bridgehead atoms. The number of thiocarbonyl (C=S) groups is 1. The molecule has 0 saturated carbocycles. The van der Waals surface area contributed by atoms with Crippen molar-refractivity contribution in [2.45, 2.75) is 32.1 Å². The maximum atomic E-state index is 5.98. The largest absolute Gasteiger partial charge is 0.337 e. The van der Waals surface area contributed by atoms with E-state index in [0.29, 0.717) is 5.02 Å². The Kier molecular flexibility index (Phi) is 5.18. The van der Waals surface area contributed by atoms with E-state index in [-0.39, 0.29) is 0 Å². The van der Waals surface area contributed by atoms with Crippen molar-refractivity contribution in [3.05, 3.63) is 46.2 Å². The molecule has 0 unspecified atom stereocenters. The van der Waals surface area contributed by atoms with Crippen LogP contribution in [0.15, 0.2) is 30.5 Å². The average molecular weight is 350 g/mol. The molecule has 3 aromatic rings. The summed E-state index contributed by atoms with van der Waals surface area (Å²) in [5.74, 6) is 0.801. The van der Waals surface area contributed by atoms with Crippen molar-refractivity contribution in [3.8, 4) is 0 Å². The van der Waals surface area contributed by atoms with E-state index >= 15 is 0 Å². The third kappa shape index (κ3) is 3.91. The van der Waals surface area contributed by atoms with E-state index in [1.807, 2.05) is 24.4 Å². The van der Waals surface area contributed by atoms with Crippen LogP contribution in [-0.4, -0.2) is 19.2 Å². The van der Waals surface area contributed by atoms with Gasteiger partial charge in [0.1, 0.15) is 5.82 Å². The van der Waals surface area contributed by atoms with Crippen LogP contribution in [0.25, 0.3) is 11.0 Å². The van der Waals surface area contributed by atoms with Crippen LogP contribution in [0.3, 0.4) is 0 Å². The number of halogens is 1. The number of aromatic amines is 1. The molecule has 0 fully saturated rings. The molecule has 0 saturated heterocycles. The number of imidazole rings is 1. The molecule has 2 heterocycles. The van der Waals surface area contributed by atoms with Gasteiger partial charge in [0.2, 0.25) is 0 Å². The topological polar surface area (TPSA) is 41.6 Å². The molecule has 2 aromatic heterocycles. The number of fused-ring (bicyclic) bond motifs is 1. The molecule has 0 spiro atoms. The number of rotatable bonds is 7. The Balaban J connectivity index is 1.48. The van der Waals surface area contributed by atoms with Crippen LogP contribution < -0.4 is 0 Å². The summed E-state index contributed by atoms with van der Waals surface area (Å²) in [6.45, 7) is 0. The van der Waals surface area contributed by atoms with Gasteiger partial charge < -0.3 is 4.98 Å². The smallest absolute Gasteiger partial charge is 0.145 e. The second-order valence-corrected chi connectivity index (χ2v) is 7.06. The molecule has 1 N–H and O–H groups in total. The van der Waals surface area contributed by atoms with Gasteiger partial charge in [-0.2, -0.15) is 0 Å². The van der Waals surface area contributed by atoms with Crippen molar-refractivity contribution in [2.75, 3.05) is 0 Å². The second-order valence-electron chi connectivity index (χ2n) is 5.21. The molecular formula is C16H16ClN3S2. The van der Waals surface area contributed by atoms with E-state index in [9.17, 15) is 0 Å². The van der Waals surface area contributed by atoms with Gasteiger partial charge in [0.25, 0.3) is 0 Å². The van der Waals surface area contributed by atoms with Gasteiger partial charge in [-0.25, -0.2) is 9.36 Å². The molecule has 0 radical (unpaired) electrons. The Labute approximate surface area is 143 Å². The molecule has 114 valence electrons. The SMILES string of the molecule is S=C(CCCCCc1ccns1)c1nc2ccc(Cl)cc2[nH]1. The minimum atomic E-state index is 0.705. The summed E-state index contributed by atoms with van der Waals surface area (Å²) in [6.07, 6.45) is 7.31. The Morgan fingerprint density at radius 2 is 2.14 bits per heavy atom. The fourth-order valence-corrected chi connectivity index (χ4v) is 3.39. The summed E-state index contributed by atoms with van der Waals surface area (Å²) in [7, 11) is 0. The van der Waals surface area contributed by atoms with Crippen LogP contribution in [0.5, 0.6) is 0 Å². The average Bonchev–Trinajstić information content (AvgIpc) is 3.15. The fourth-order valence-electron chi connectivity index (χ4n) is 2.36. The zero-order valence-corrected chi connectivity index (χ0v) is 14.4. The van der Waals surface area contributed by atoms with E-state index in [1.54, 1.807) is 11.5 Å². The minimum Gasteiger partial charge on any atom is -0.337 e. The molecule has 1 aromatic carbocycles. The first kappa shape index (κ1) is 15.6. The zero-order valence-electron chi connectivity index (χ0n) is 12.0. The molecule has 0 atom stereocenters. The molecule has 22 heavy (non-hydrogen) atoms. The van der Waals surface area contributed by atoms with Gasteiger partial charge in [0, 0.05) is 16.1 Å². The number of unbranched alkanes of at least 4 members (excludes halogenated alkanes) is 2.